The van der Waals surface area contributed by atoms with Gasteiger partial charge in [0.05, 0.1) is 5.69 Å². The van der Waals surface area contributed by atoms with Crippen LogP contribution in [0.15, 0.2) is 47.4 Å². The Kier molecular flexibility index (Phi) is 12.5. The molecule has 1 saturated heterocycles. The highest BCUT2D eigenvalue weighted by Gasteiger charge is 2.30. The summed E-state index contributed by atoms with van der Waals surface area (Å²) in [6.45, 7) is 6.33. The average Bonchev–Trinajstić information content (AvgIpc) is 2.94. The standard InChI is InChI=1S/C27H39N5O4S.CH5NS/c1-29(2)37(34,35)27-24(32-18-16-30(3)17-19-32)10-6-11-25(27)36-21-26(33)28-13-7-14-31-15-12-22-8-4-5-9-23(22)20-31;1-3-2/h4-6,8-11H,7,12-21H2,1-3H3,(H,28,33);2H2,1H3. The molecule has 0 bridgehead atoms. The minimum atomic E-state index is -3.79. The fourth-order valence-electron chi connectivity index (χ4n) is 4.83. The van der Waals surface area contributed by atoms with Crippen molar-refractivity contribution in [3.8, 4) is 5.75 Å². The average molecular weight is 593 g/mol. The Morgan fingerprint density at radius 3 is 2.40 bits per heavy atom. The summed E-state index contributed by atoms with van der Waals surface area (Å²) in [5.74, 6) is -0.0607. The zero-order chi connectivity index (χ0) is 29.1. The van der Waals surface area contributed by atoms with E-state index in [-0.39, 0.29) is 23.2 Å². The molecule has 3 N–H and O–H groups in total. The van der Waals surface area contributed by atoms with E-state index in [1.165, 1.54) is 41.5 Å². The second kappa shape index (κ2) is 15.6. The lowest BCUT2D eigenvalue weighted by molar-refractivity contribution is -0.123. The van der Waals surface area contributed by atoms with E-state index >= 15 is 0 Å². The van der Waals surface area contributed by atoms with Crippen LogP contribution in [0.2, 0.25) is 0 Å². The number of fused-ring (bicyclic) bond motifs is 1. The summed E-state index contributed by atoms with van der Waals surface area (Å²) in [4.78, 5) is 19.3. The molecule has 0 spiro atoms. The molecule has 2 aliphatic heterocycles. The molecular formula is C28H44N6O4S2. The van der Waals surface area contributed by atoms with E-state index in [9.17, 15) is 13.2 Å². The maximum Gasteiger partial charge on any atom is 0.257 e. The molecule has 1 fully saturated rings. The van der Waals surface area contributed by atoms with E-state index < -0.39 is 10.0 Å². The second-order valence-corrected chi connectivity index (χ2v) is 12.8. The number of amides is 1. The van der Waals surface area contributed by atoms with E-state index in [0.29, 0.717) is 12.2 Å². The van der Waals surface area contributed by atoms with Crippen LogP contribution in [-0.2, 0) is 27.8 Å². The normalized spacial score (nSPS) is 16.2. The van der Waals surface area contributed by atoms with Crippen LogP contribution in [0, 0.1) is 0 Å². The number of piperazine rings is 1. The number of carbonyl (C=O) groups is 1. The van der Waals surface area contributed by atoms with E-state index in [0.717, 1.165) is 58.7 Å². The molecule has 0 radical (unpaired) electrons. The third kappa shape index (κ3) is 8.82. The molecule has 2 heterocycles. The van der Waals surface area contributed by atoms with Gasteiger partial charge in [0.25, 0.3) is 5.91 Å². The predicted molar refractivity (Wildman–Crippen MR) is 163 cm³/mol. The van der Waals surface area contributed by atoms with Crippen LogP contribution in [0.3, 0.4) is 0 Å². The number of nitrogens with one attached hydrogen (secondary N) is 1. The quantitative estimate of drug-likeness (QED) is 0.315. The van der Waals surface area contributed by atoms with Crippen molar-refractivity contribution in [3.63, 3.8) is 0 Å². The highest BCUT2D eigenvalue weighted by molar-refractivity contribution is 7.96. The number of sulfonamides is 1. The summed E-state index contributed by atoms with van der Waals surface area (Å²) in [5.41, 5.74) is 3.42. The monoisotopic (exact) mass is 592 g/mol. The smallest absolute Gasteiger partial charge is 0.257 e. The van der Waals surface area contributed by atoms with Gasteiger partial charge in [-0.25, -0.2) is 12.7 Å². The number of benzene rings is 2. The number of likely N-dealkylation sites (N-methyl/N-ethyl adjacent to an activating group) is 1. The fourth-order valence-corrected chi connectivity index (χ4v) is 6.03. The van der Waals surface area contributed by atoms with Gasteiger partial charge in [-0.3, -0.25) is 14.8 Å². The number of carbonyl (C=O) groups excluding carboxylic acids is 1. The van der Waals surface area contributed by atoms with Crippen molar-refractivity contribution in [2.75, 3.05) is 84.7 Å². The molecule has 2 aliphatic rings. The van der Waals surface area contributed by atoms with Crippen LogP contribution in [0.5, 0.6) is 5.75 Å². The fraction of sp³-hybridized carbons (Fsp3) is 0.536. The number of anilines is 1. The molecule has 2 aromatic rings. The molecular weight excluding hydrogens is 548 g/mol. The SMILES string of the molecule is CN1CCN(c2cccc(OCC(=O)NCCCN3CCc4ccccc4C3)c2S(=O)(=O)N(C)C)CC1.CSN. The third-order valence-electron chi connectivity index (χ3n) is 7.08. The Morgan fingerprint density at radius 2 is 1.73 bits per heavy atom. The lowest BCUT2D eigenvalue weighted by Crippen LogP contribution is -2.45. The molecule has 0 atom stereocenters. The Hall–Kier alpha value is -2.35. The Labute approximate surface area is 244 Å². The van der Waals surface area contributed by atoms with Gasteiger partial charge in [0.2, 0.25) is 10.0 Å². The van der Waals surface area contributed by atoms with Gasteiger partial charge >= 0.3 is 0 Å². The minimum absolute atomic E-state index is 0.114. The molecule has 222 valence electrons. The predicted octanol–water partition coefficient (Wildman–Crippen LogP) is 1.86. The highest BCUT2D eigenvalue weighted by atomic mass is 32.2. The van der Waals surface area contributed by atoms with Crippen LogP contribution >= 0.6 is 11.9 Å². The summed E-state index contributed by atoms with van der Waals surface area (Å²) < 4.78 is 33.5. The number of hydrogen-bond donors (Lipinski definition) is 2. The van der Waals surface area contributed by atoms with Gasteiger partial charge in [0, 0.05) is 66.5 Å². The van der Waals surface area contributed by atoms with Gasteiger partial charge in [-0.2, -0.15) is 0 Å². The van der Waals surface area contributed by atoms with Crippen molar-refractivity contribution in [2.24, 2.45) is 5.14 Å². The lowest BCUT2D eigenvalue weighted by atomic mass is 10.00. The molecule has 0 saturated carbocycles. The topological polar surface area (TPSA) is 111 Å². The van der Waals surface area contributed by atoms with Crippen molar-refractivity contribution >= 4 is 33.6 Å². The molecule has 0 aliphatic carbocycles. The first-order chi connectivity index (χ1) is 19.2. The molecule has 10 nitrogen and oxygen atoms in total. The zero-order valence-electron chi connectivity index (χ0n) is 24.1. The third-order valence-corrected chi connectivity index (χ3v) is 8.97. The van der Waals surface area contributed by atoms with E-state index in [2.05, 4.69) is 51.3 Å². The molecule has 12 heteroatoms. The first kappa shape index (κ1) is 32.2. The largest absolute Gasteiger partial charge is 0.482 e. The highest BCUT2D eigenvalue weighted by Crippen LogP contribution is 2.36. The number of rotatable bonds is 10. The van der Waals surface area contributed by atoms with Crippen LogP contribution in [0.1, 0.15) is 17.5 Å². The summed E-state index contributed by atoms with van der Waals surface area (Å²) in [6, 6.07) is 13.8. The molecule has 0 unspecified atom stereocenters. The Balaban J connectivity index is 0.00000141. The number of ether oxygens (including phenoxy) is 1. The summed E-state index contributed by atoms with van der Waals surface area (Å²) in [5, 5.41) is 7.67. The van der Waals surface area contributed by atoms with Crippen LogP contribution in [-0.4, -0.2) is 108 Å². The van der Waals surface area contributed by atoms with E-state index in [1.807, 2.05) is 12.3 Å². The molecule has 1 amide bonds. The van der Waals surface area contributed by atoms with Gasteiger partial charge in [0.15, 0.2) is 6.61 Å². The van der Waals surface area contributed by atoms with Crippen LogP contribution in [0.25, 0.3) is 0 Å². The molecule has 0 aromatic heterocycles. The van der Waals surface area contributed by atoms with Gasteiger partial charge in [-0.1, -0.05) is 42.3 Å². The number of hydrogen-bond acceptors (Lipinski definition) is 9. The number of nitrogens with zero attached hydrogens (tertiary/aromatic N) is 4. The van der Waals surface area contributed by atoms with Crippen LogP contribution < -0.4 is 20.1 Å². The zero-order valence-corrected chi connectivity index (χ0v) is 25.8. The Bertz CT molecular complexity index is 1200. The van der Waals surface area contributed by atoms with Gasteiger partial charge in [-0.05, 0) is 49.4 Å². The summed E-state index contributed by atoms with van der Waals surface area (Å²) in [7, 11) is 1.28. The Morgan fingerprint density at radius 1 is 1.05 bits per heavy atom. The summed E-state index contributed by atoms with van der Waals surface area (Å²) >= 11 is 1.25. The maximum absolute atomic E-state index is 13.3. The van der Waals surface area contributed by atoms with Gasteiger partial charge in [-0.15, -0.1) is 0 Å². The number of nitrogens with two attached hydrogens (primary N) is 1. The first-order valence-corrected chi connectivity index (χ1v) is 16.3. The minimum Gasteiger partial charge on any atom is -0.482 e. The first-order valence-electron chi connectivity index (χ1n) is 13.6. The van der Waals surface area contributed by atoms with Crippen molar-refractivity contribution in [2.45, 2.75) is 24.3 Å². The van der Waals surface area contributed by atoms with E-state index in [1.54, 1.807) is 12.1 Å². The van der Waals surface area contributed by atoms with Crippen molar-refractivity contribution < 1.29 is 17.9 Å². The van der Waals surface area contributed by atoms with Crippen molar-refractivity contribution in [1.82, 2.24) is 19.4 Å². The van der Waals surface area contributed by atoms with Gasteiger partial charge < -0.3 is 19.9 Å². The summed E-state index contributed by atoms with van der Waals surface area (Å²) in [6.07, 6.45) is 3.72. The molecule has 40 heavy (non-hydrogen) atoms. The lowest BCUT2D eigenvalue weighted by Gasteiger charge is -2.35. The van der Waals surface area contributed by atoms with E-state index in [4.69, 9.17) is 9.88 Å². The van der Waals surface area contributed by atoms with Crippen LogP contribution in [0.4, 0.5) is 5.69 Å². The van der Waals surface area contributed by atoms with Crippen molar-refractivity contribution in [1.29, 1.82) is 0 Å². The maximum atomic E-state index is 13.3. The van der Waals surface area contributed by atoms with Crippen molar-refractivity contribution in [3.05, 3.63) is 53.6 Å². The second-order valence-electron chi connectivity index (χ2n) is 10.2. The van der Waals surface area contributed by atoms with Gasteiger partial charge in [0.1, 0.15) is 10.6 Å². The molecule has 4 rings (SSSR count). The molecule has 2 aromatic carbocycles.